The van der Waals surface area contributed by atoms with Crippen LogP contribution in [0.3, 0.4) is 0 Å². The fourth-order valence-electron chi connectivity index (χ4n) is 1.02. The van der Waals surface area contributed by atoms with E-state index in [1.54, 1.807) is 18.2 Å². The zero-order chi connectivity index (χ0) is 12.1. The molecule has 0 saturated carbocycles. The van der Waals surface area contributed by atoms with Crippen LogP contribution < -0.4 is 5.73 Å². The third-order valence-electron chi connectivity index (χ3n) is 1.88. The van der Waals surface area contributed by atoms with E-state index in [-0.39, 0.29) is 0 Å². The maximum atomic E-state index is 10.5. The number of aliphatic carboxylic acids is 1. The van der Waals surface area contributed by atoms with Crippen LogP contribution in [-0.4, -0.2) is 22.9 Å². The molecule has 3 N–H and O–H groups in total. The number of hydrogen-bond acceptors (Lipinski definition) is 3. The largest absolute Gasteiger partial charge is 0.480 e. The Morgan fingerprint density at radius 1 is 1.50 bits per heavy atom. The summed E-state index contributed by atoms with van der Waals surface area (Å²) in [5.41, 5.74) is 6.26. The molecule has 1 unspecified atom stereocenters. The molecule has 0 bridgehead atoms. The third kappa shape index (κ3) is 4.22. The van der Waals surface area contributed by atoms with Gasteiger partial charge in [-0.05, 0) is 23.8 Å². The van der Waals surface area contributed by atoms with Gasteiger partial charge in [-0.2, -0.15) is 11.8 Å². The van der Waals surface area contributed by atoms with Gasteiger partial charge in [0.05, 0.1) is 0 Å². The van der Waals surface area contributed by atoms with Crippen molar-refractivity contribution in [2.24, 2.45) is 5.73 Å². The average molecular weight is 280 g/mol. The van der Waals surface area contributed by atoms with Crippen molar-refractivity contribution in [2.75, 3.05) is 5.75 Å². The number of carbonyl (C=O) groups is 1. The predicted octanol–water partition coefficient (Wildman–Crippen LogP) is 2.64. The topological polar surface area (TPSA) is 63.3 Å². The van der Waals surface area contributed by atoms with E-state index in [0.717, 1.165) is 5.56 Å². The minimum Gasteiger partial charge on any atom is -0.480 e. The molecule has 3 nitrogen and oxygen atoms in total. The summed E-state index contributed by atoms with van der Waals surface area (Å²) in [6.45, 7) is 0. The van der Waals surface area contributed by atoms with Gasteiger partial charge >= 0.3 is 5.97 Å². The molecule has 0 aliphatic rings. The van der Waals surface area contributed by atoms with Gasteiger partial charge in [0.25, 0.3) is 0 Å². The standard InChI is InChI=1S/C10H11Cl2NO2S/c11-7-1-2-8(12)6(3-7)4-16-5-9(13)10(14)15/h1-3,9H,4-5,13H2,(H,14,15). The SMILES string of the molecule is NC(CSCc1cc(Cl)ccc1Cl)C(=O)O. The second-order valence-corrected chi connectivity index (χ2v) is 5.07. The number of carboxylic acids is 1. The molecule has 0 saturated heterocycles. The Hall–Kier alpha value is -0.420. The maximum absolute atomic E-state index is 10.5. The Bertz CT molecular complexity index is 387. The summed E-state index contributed by atoms with van der Waals surface area (Å²) >= 11 is 13.2. The van der Waals surface area contributed by atoms with E-state index in [9.17, 15) is 4.79 Å². The van der Waals surface area contributed by atoms with Crippen LogP contribution in [0, 0.1) is 0 Å². The van der Waals surface area contributed by atoms with Crippen molar-refractivity contribution in [2.45, 2.75) is 11.8 Å². The minimum atomic E-state index is -0.996. The number of carboxylic acid groups (broad SMARTS) is 1. The molecular weight excluding hydrogens is 269 g/mol. The smallest absolute Gasteiger partial charge is 0.321 e. The predicted molar refractivity (Wildman–Crippen MR) is 68.2 cm³/mol. The summed E-state index contributed by atoms with van der Waals surface area (Å²) in [5.74, 6) is -0.0527. The summed E-state index contributed by atoms with van der Waals surface area (Å²) in [6, 6.07) is 4.35. The van der Waals surface area contributed by atoms with Crippen LogP contribution in [0.4, 0.5) is 0 Å². The van der Waals surface area contributed by atoms with Crippen LogP contribution in [0.5, 0.6) is 0 Å². The zero-order valence-electron chi connectivity index (χ0n) is 8.32. The molecule has 6 heteroatoms. The summed E-state index contributed by atoms with van der Waals surface area (Å²) in [4.78, 5) is 10.5. The molecule has 0 aliphatic carbocycles. The van der Waals surface area contributed by atoms with E-state index in [1.807, 2.05) is 0 Å². The number of hydrogen-bond donors (Lipinski definition) is 2. The lowest BCUT2D eigenvalue weighted by Gasteiger charge is -2.07. The Kier molecular flexibility index (Phi) is 5.41. The van der Waals surface area contributed by atoms with E-state index < -0.39 is 12.0 Å². The molecule has 0 heterocycles. The second-order valence-electron chi connectivity index (χ2n) is 3.20. The van der Waals surface area contributed by atoms with E-state index in [1.165, 1.54) is 11.8 Å². The Labute approximate surface area is 108 Å². The van der Waals surface area contributed by atoms with Crippen molar-refractivity contribution >= 4 is 40.9 Å². The summed E-state index contributed by atoms with van der Waals surface area (Å²) < 4.78 is 0. The molecule has 1 aromatic rings. The minimum absolute atomic E-state index is 0.345. The lowest BCUT2D eigenvalue weighted by atomic mass is 10.2. The highest BCUT2D eigenvalue weighted by molar-refractivity contribution is 7.98. The highest BCUT2D eigenvalue weighted by Gasteiger charge is 2.11. The normalized spacial score (nSPS) is 12.4. The molecule has 0 fully saturated rings. The maximum Gasteiger partial charge on any atom is 0.321 e. The zero-order valence-corrected chi connectivity index (χ0v) is 10.6. The molecule has 1 aromatic carbocycles. The van der Waals surface area contributed by atoms with Crippen LogP contribution in [0.1, 0.15) is 5.56 Å². The van der Waals surface area contributed by atoms with Crippen LogP contribution >= 0.6 is 35.0 Å². The first kappa shape index (κ1) is 13.6. The highest BCUT2D eigenvalue weighted by atomic mass is 35.5. The molecule has 0 spiro atoms. The van der Waals surface area contributed by atoms with Gasteiger partial charge in [-0.25, -0.2) is 0 Å². The molecule has 0 aliphatic heterocycles. The lowest BCUT2D eigenvalue weighted by molar-refractivity contribution is -0.137. The first-order valence-corrected chi connectivity index (χ1v) is 6.42. The molecule has 16 heavy (non-hydrogen) atoms. The fourth-order valence-corrected chi connectivity index (χ4v) is 2.45. The molecular formula is C10H11Cl2NO2S. The lowest BCUT2D eigenvalue weighted by Crippen LogP contribution is -2.32. The Morgan fingerprint density at radius 3 is 2.81 bits per heavy atom. The molecule has 1 atom stereocenters. The van der Waals surface area contributed by atoms with Gasteiger partial charge in [0.2, 0.25) is 0 Å². The molecule has 0 amide bonds. The second kappa shape index (κ2) is 6.35. The number of thioether (sulfide) groups is 1. The van der Waals surface area contributed by atoms with Gasteiger partial charge < -0.3 is 10.8 Å². The number of benzene rings is 1. The molecule has 0 aromatic heterocycles. The van der Waals surface area contributed by atoms with E-state index in [4.69, 9.17) is 34.0 Å². The third-order valence-corrected chi connectivity index (χ3v) is 3.59. The first-order valence-electron chi connectivity index (χ1n) is 4.50. The van der Waals surface area contributed by atoms with Crippen molar-refractivity contribution in [3.05, 3.63) is 33.8 Å². The van der Waals surface area contributed by atoms with Gasteiger partial charge in [0.15, 0.2) is 0 Å². The fraction of sp³-hybridized carbons (Fsp3) is 0.300. The van der Waals surface area contributed by atoms with Gasteiger partial charge in [0.1, 0.15) is 6.04 Å². The molecule has 0 radical (unpaired) electrons. The summed E-state index contributed by atoms with van der Waals surface area (Å²) in [6.07, 6.45) is 0. The molecule has 88 valence electrons. The van der Waals surface area contributed by atoms with Gasteiger partial charge in [-0.15, -0.1) is 0 Å². The van der Waals surface area contributed by atoms with Crippen LogP contribution in [0.15, 0.2) is 18.2 Å². The quantitative estimate of drug-likeness (QED) is 0.870. The molecule has 1 rings (SSSR count). The Morgan fingerprint density at radius 2 is 2.19 bits per heavy atom. The summed E-state index contributed by atoms with van der Waals surface area (Å²) in [5, 5.41) is 9.83. The van der Waals surface area contributed by atoms with Crippen molar-refractivity contribution in [1.82, 2.24) is 0 Å². The average Bonchev–Trinajstić information content (AvgIpc) is 2.22. The van der Waals surface area contributed by atoms with Crippen molar-refractivity contribution in [3.8, 4) is 0 Å². The van der Waals surface area contributed by atoms with Crippen LogP contribution in [0.25, 0.3) is 0 Å². The first-order chi connectivity index (χ1) is 7.50. The van der Waals surface area contributed by atoms with E-state index >= 15 is 0 Å². The van der Waals surface area contributed by atoms with Crippen molar-refractivity contribution in [1.29, 1.82) is 0 Å². The number of halogens is 2. The number of rotatable bonds is 5. The van der Waals surface area contributed by atoms with Crippen molar-refractivity contribution in [3.63, 3.8) is 0 Å². The number of nitrogens with two attached hydrogens (primary N) is 1. The monoisotopic (exact) mass is 279 g/mol. The van der Waals surface area contributed by atoms with E-state index in [0.29, 0.717) is 21.6 Å². The van der Waals surface area contributed by atoms with Crippen LogP contribution in [-0.2, 0) is 10.5 Å². The van der Waals surface area contributed by atoms with Gasteiger partial charge in [-0.3, -0.25) is 4.79 Å². The van der Waals surface area contributed by atoms with E-state index in [2.05, 4.69) is 0 Å². The van der Waals surface area contributed by atoms with Crippen LogP contribution in [0.2, 0.25) is 10.0 Å². The van der Waals surface area contributed by atoms with Gasteiger partial charge in [-0.1, -0.05) is 23.2 Å². The highest BCUT2D eigenvalue weighted by Crippen LogP contribution is 2.24. The van der Waals surface area contributed by atoms with Gasteiger partial charge in [0, 0.05) is 21.6 Å². The Balaban J connectivity index is 2.48. The summed E-state index contributed by atoms with van der Waals surface area (Å²) in [7, 11) is 0. The van der Waals surface area contributed by atoms with Crippen molar-refractivity contribution < 1.29 is 9.90 Å².